The molecule has 0 atom stereocenters. The Bertz CT molecular complexity index is 369. The Balaban J connectivity index is 3.35. The second kappa shape index (κ2) is 3.56. The fraction of sp³-hybridized carbons (Fsp3) is 0.286. The highest BCUT2D eigenvalue weighted by Gasteiger charge is 2.41. The number of carboxylic acid groups (broad SMARTS) is 2. The molecule has 0 aliphatic carbocycles. The van der Waals surface area contributed by atoms with Gasteiger partial charge in [0.2, 0.25) is 0 Å². The highest BCUT2D eigenvalue weighted by atomic mass is 32.3. The summed E-state index contributed by atoms with van der Waals surface area (Å²) in [6, 6.07) is 0. The van der Waals surface area contributed by atoms with E-state index in [2.05, 4.69) is 0 Å². The van der Waals surface area contributed by atoms with Crippen LogP contribution in [-0.4, -0.2) is 38.2 Å². The molecule has 78 valence electrons. The zero-order valence-corrected chi connectivity index (χ0v) is 9.89. The van der Waals surface area contributed by atoms with E-state index in [-0.39, 0.29) is 9.81 Å². The molecule has 1 heterocycles. The number of hydrogen-bond donors (Lipinski definition) is 2. The smallest absolute Gasteiger partial charge is 0.343 e. The maximum Gasteiger partial charge on any atom is 0.343 e. The fourth-order valence-electron chi connectivity index (χ4n) is 1.01. The van der Waals surface area contributed by atoms with Gasteiger partial charge < -0.3 is 10.2 Å². The number of carbonyl (C=O) groups is 2. The third kappa shape index (κ3) is 1.67. The molecule has 14 heavy (non-hydrogen) atoms. The van der Waals surface area contributed by atoms with Crippen LogP contribution in [0.5, 0.6) is 0 Å². The van der Waals surface area contributed by atoms with E-state index in [0.29, 0.717) is 3.53 Å². The summed E-state index contributed by atoms with van der Waals surface area (Å²) in [6.07, 6.45) is 3.39. The average Bonchev–Trinajstić information content (AvgIpc) is 2.23. The van der Waals surface area contributed by atoms with Gasteiger partial charge in [0.25, 0.3) is 0 Å². The highest BCUT2D eigenvalue weighted by molar-refractivity contribution is 8.67. The lowest BCUT2D eigenvalue weighted by Crippen LogP contribution is -2.11. The monoisotopic (exact) mass is 252 g/mol. The van der Waals surface area contributed by atoms with Crippen molar-refractivity contribution in [2.75, 3.05) is 12.5 Å². The minimum atomic E-state index is -1.77. The Hall–Kier alpha value is -0.530. The lowest BCUT2D eigenvalue weighted by Gasteiger charge is -2.25. The van der Waals surface area contributed by atoms with E-state index < -0.39 is 22.0 Å². The number of hydrogen-bond acceptors (Lipinski definition) is 4. The van der Waals surface area contributed by atoms with Crippen molar-refractivity contribution in [1.29, 1.82) is 0 Å². The summed E-state index contributed by atoms with van der Waals surface area (Å²) in [7, 11) is -1.77. The van der Waals surface area contributed by atoms with Crippen LogP contribution in [0.25, 0.3) is 0 Å². The summed E-state index contributed by atoms with van der Waals surface area (Å²) < 4.78 is 0.465. The first-order valence-electron chi connectivity index (χ1n) is 3.44. The van der Waals surface area contributed by atoms with E-state index in [4.69, 9.17) is 22.4 Å². The quantitative estimate of drug-likeness (QED) is 0.572. The molecule has 1 aliphatic heterocycles. The van der Waals surface area contributed by atoms with Crippen LogP contribution in [0.3, 0.4) is 0 Å². The Morgan fingerprint density at radius 2 is 1.79 bits per heavy atom. The van der Waals surface area contributed by atoms with E-state index in [1.54, 1.807) is 12.5 Å². The summed E-state index contributed by atoms with van der Waals surface area (Å²) >= 11 is 5.86. The SMILES string of the molecule is CS1(C)C(=S)SC(C(=O)O)=C1C(=O)O. The molecule has 0 aromatic rings. The van der Waals surface area contributed by atoms with Gasteiger partial charge in [0.15, 0.2) is 0 Å². The van der Waals surface area contributed by atoms with Crippen molar-refractivity contribution < 1.29 is 19.8 Å². The van der Waals surface area contributed by atoms with Crippen molar-refractivity contribution in [3.05, 3.63) is 9.81 Å². The van der Waals surface area contributed by atoms with Gasteiger partial charge in [0, 0.05) is 0 Å². The zero-order chi connectivity index (χ0) is 11.1. The van der Waals surface area contributed by atoms with Gasteiger partial charge in [0.05, 0.1) is 3.53 Å². The molecule has 0 spiro atoms. The maximum atomic E-state index is 10.9. The molecule has 1 rings (SSSR count). The van der Waals surface area contributed by atoms with Crippen molar-refractivity contribution in [3.8, 4) is 0 Å². The molecule has 4 nitrogen and oxygen atoms in total. The normalized spacial score (nSPS) is 22.3. The van der Waals surface area contributed by atoms with Gasteiger partial charge in [-0.05, 0) is 12.5 Å². The third-order valence-corrected chi connectivity index (χ3v) is 7.82. The summed E-state index contributed by atoms with van der Waals surface area (Å²) in [6.45, 7) is 0. The first kappa shape index (κ1) is 11.5. The Kier molecular flexibility index (Phi) is 2.93. The van der Waals surface area contributed by atoms with Gasteiger partial charge in [-0.2, -0.15) is 10.0 Å². The van der Waals surface area contributed by atoms with Crippen molar-refractivity contribution in [2.45, 2.75) is 0 Å². The lowest BCUT2D eigenvalue weighted by molar-refractivity contribution is -0.134. The van der Waals surface area contributed by atoms with Gasteiger partial charge in [-0.3, -0.25) is 0 Å². The maximum absolute atomic E-state index is 10.9. The molecule has 0 bridgehead atoms. The predicted molar refractivity (Wildman–Crippen MR) is 61.9 cm³/mol. The van der Waals surface area contributed by atoms with E-state index >= 15 is 0 Å². The van der Waals surface area contributed by atoms with Crippen LogP contribution >= 0.6 is 34.0 Å². The van der Waals surface area contributed by atoms with Crippen LogP contribution in [0.1, 0.15) is 0 Å². The minimum Gasteiger partial charge on any atom is -0.477 e. The highest BCUT2D eigenvalue weighted by Crippen LogP contribution is 2.62. The zero-order valence-electron chi connectivity index (χ0n) is 7.44. The second-order valence-corrected chi connectivity index (χ2v) is 8.62. The number of thioether (sulfide) groups is 1. The molecule has 0 aromatic heterocycles. The fourth-order valence-corrected chi connectivity index (χ4v) is 5.18. The predicted octanol–water partition coefficient (Wildman–Crippen LogP) is 1.46. The average molecular weight is 252 g/mol. The van der Waals surface area contributed by atoms with Crippen LogP contribution in [0.2, 0.25) is 0 Å². The first-order valence-corrected chi connectivity index (χ1v) is 7.12. The third-order valence-electron chi connectivity index (χ3n) is 1.71. The van der Waals surface area contributed by atoms with Crippen LogP contribution in [0.15, 0.2) is 9.81 Å². The van der Waals surface area contributed by atoms with Crippen LogP contribution in [-0.2, 0) is 9.59 Å². The number of rotatable bonds is 2. The molecule has 0 fully saturated rings. The van der Waals surface area contributed by atoms with Crippen molar-refractivity contribution in [2.24, 2.45) is 0 Å². The molecule has 0 saturated heterocycles. The largest absolute Gasteiger partial charge is 0.477 e. The summed E-state index contributed by atoms with van der Waals surface area (Å²) in [5, 5.41) is 17.7. The van der Waals surface area contributed by atoms with Crippen LogP contribution < -0.4 is 0 Å². The molecule has 1 aliphatic rings. The van der Waals surface area contributed by atoms with Crippen molar-refractivity contribution >= 4 is 49.5 Å². The minimum absolute atomic E-state index is 0.0417. The molecular weight excluding hydrogens is 244 g/mol. The second-order valence-electron chi connectivity index (χ2n) is 2.95. The molecular formula is C7H8O4S3. The van der Waals surface area contributed by atoms with Gasteiger partial charge in [-0.15, -0.1) is 0 Å². The number of carboxylic acids is 2. The van der Waals surface area contributed by atoms with E-state index in [1.165, 1.54) is 0 Å². The number of aliphatic carboxylic acids is 2. The molecule has 0 saturated carbocycles. The molecule has 0 aromatic carbocycles. The van der Waals surface area contributed by atoms with Gasteiger partial charge >= 0.3 is 11.9 Å². The van der Waals surface area contributed by atoms with Gasteiger partial charge in [0.1, 0.15) is 9.81 Å². The molecule has 0 unspecified atom stereocenters. The topological polar surface area (TPSA) is 74.6 Å². The van der Waals surface area contributed by atoms with Crippen molar-refractivity contribution in [3.63, 3.8) is 0 Å². The Morgan fingerprint density at radius 3 is 2.07 bits per heavy atom. The molecule has 7 heteroatoms. The molecule has 2 N–H and O–H groups in total. The Morgan fingerprint density at radius 1 is 1.29 bits per heavy atom. The lowest BCUT2D eigenvalue weighted by atomic mass is 10.5. The standard InChI is InChI=1S/C7H8O4S3/c1-14(2)4(6(10)11)3(5(8)9)13-7(14)12/h1-2H3,(H,8,9)(H,10,11). The summed E-state index contributed by atoms with van der Waals surface area (Å²) in [5.41, 5.74) is 0. The number of thiocarbonyl (C=S) groups is 1. The van der Waals surface area contributed by atoms with Gasteiger partial charge in [-0.1, -0.05) is 24.0 Å². The van der Waals surface area contributed by atoms with E-state index in [9.17, 15) is 9.59 Å². The Labute approximate surface area is 91.7 Å². The van der Waals surface area contributed by atoms with Crippen LogP contribution in [0.4, 0.5) is 0 Å². The van der Waals surface area contributed by atoms with Crippen molar-refractivity contribution in [1.82, 2.24) is 0 Å². The molecule has 0 amide bonds. The summed E-state index contributed by atoms with van der Waals surface area (Å²) in [5.74, 6) is -2.40. The first-order chi connectivity index (χ1) is 6.28. The molecule has 0 radical (unpaired) electrons. The summed E-state index contributed by atoms with van der Waals surface area (Å²) in [4.78, 5) is 21.5. The van der Waals surface area contributed by atoms with E-state index in [0.717, 1.165) is 11.8 Å². The van der Waals surface area contributed by atoms with Crippen LogP contribution in [0, 0.1) is 0 Å². The van der Waals surface area contributed by atoms with E-state index in [1.807, 2.05) is 0 Å². The van der Waals surface area contributed by atoms with Gasteiger partial charge in [-0.25, -0.2) is 9.59 Å².